The van der Waals surface area contributed by atoms with Crippen LogP contribution in [-0.2, 0) is 4.79 Å². The van der Waals surface area contributed by atoms with Crippen LogP contribution in [0.2, 0.25) is 0 Å². The summed E-state index contributed by atoms with van der Waals surface area (Å²) < 4.78 is 10.5. The van der Waals surface area contributed by atoms with Crippen LogP contribution in [0.5, 0.6) is 11.5 Å². The lowest BCUT2D eigenvalue weighted by molar-refractivity contribution is -0.139. The third kappa shape index (κ3) is 3.40. The summed E-state index contributed by atoms with van der Waals surface area (Å²) in [7, 11) is 0. The SMILES string of the molecule is CCC(NC(=O)c1csc(Nc2ccc3c(c2)OCO3)n1)C(=O)O. The third-order valence-corrected chi connectivity index (χ3v) is 4.13. The van der Waals surface area contributed by atoms with E-state index in [4.69, 9.17) is 14.6 Å². The molecule has 0 saturated carbocycles. The number of carbonyl (C=O) groups is 2. The molecule has 1 aliphatic heterocycles. The van der Waals surface area contributed by atoms with Crippen LogP contribution in [-0.4, -0.2) is 34.8 Å². The summed E-state index contributed by atoms with van der Waals surface area (Å²) in [5, 5.41) is 16.6. The number of nitrogens with zero attached hydrogens (tertiary/aromatic N) is 1. The van der Waals surface area contributed by atoms with Crippen molar-refractivity contribution in [2.75, 3.05) is 12.1 Å². The van der Waals surface area contributed by atoms with Crippen LogP contribution in [0.3, 0.4) is 0 Å². The summed E-state index contributed by atoms with van der Waals surface area (Å²) >= 11 is 1.25. The highest BCUT2D eigenvalue weighted by atomic mass is 32.1. The van der Waals surface area contributed by atoms with Crippen molar-refractivity contribution in [2.24, 2.45) is 0 Å². The maximum absolute atomic E-state index is 12.0. The van der Waals surface area contributed by atoms with Gasteiger partial charge in [-0.3, -0.25) is 4.79 Å². The molecule has 8 nitrogen and oxygen atoms in total. The molecule has 1 amide bonds. The summed E-state index contributed by atoms with van der Waals surface area (Å²) in [6.45, 7) is 1.88. The van der Waals surface area contributed by atoms with E-state index >= 15 is 0 Å². The first kappa shape index (κ1) is 16.1. The van der Waals surface area contributed by atoms with Gasteiger partial charge < -0.3 is 25.2 Å². The summed E-state index contributed by atoms with van der Waals surface area (Å²) in [6.07, 6.45) is 0.299. The van der Waals surface area contributed by atoms with Gasteiger partial charge in [-0.15, -0.1) is 11.3 Å². The van der Waals surface area contributed by atoms with E-state index in [2.05, 4.69) is 15.6 Å². The van der Waals surface area contributed by atoms with Crippen LogP contribution in [0.25, 0.3) is 0 Å². The Morgan fingerprint density at radius 3 is 2.92 bits per heavy atom. The number of fused-ring (bicyclic) bond motifs is 1. The Kier molecular flexibility index (Phi) is 4.52. The van der Waals surface area contributed by atoms with Crippen LogP contribution < -0.4 is 20.1 Å². The lowest BCUT2D eigenvalue weighted by Crippen LogP contribution is -2.40. The van der Waals surface area contributed by atoms with Crippen molar-refractivity contribution in [3.05, 3.63) is 29.3 Å². The zero-order valence-corrected chi connectivity index (χ0v) is 13.6. The second-order valence-corrected chi connectivity index (χ2v) is 5.86. The highest BCUT2D eigenvalue weighted by Crippen LogP contribution is 2.35. The van der Waals surface area contributed by atoms with Crippen LogP contribution in [0.15, 0.2) is 23.6 Å². The van der Waals surface area contributed by atoms with Crippen LogP contribution in [0, 0.1) is 0 Å². The molecule has 1 atom stereocenters. The van der Waals surface area contributed by atoms with Gasteiger partial charge in [0.2, 0.25) is 6.79 Å². The predicted molar refractivity (Wildman–Crippen MR) is 87.1 cm³/mol. The minimum Gasteiger partial charge on any atom is -0.480 e. The molecule has 0 bridgehead atoms. The average Bonchev–Trinajstić information content (AvgIpc) is 3.20. The molecule has 2 heterocycles. The average molecular weight is 349 g/mol. The Morgan fingerprint density at radius 2 is 2.17 bits per heavy atom. The number of hydrogen-bond donors (Lipinski definition) is 3. The predicted octanol–water partition coefficient (Wildman–Crippen LogP) is 2.21. The highest BCUT2D eigenvalue weighted by molar-refractivity contribution is 7.14. The zero-order chi connectivity index (χ0) is 17.1. The molecule has 2 aromatic rings. The van der Waals surface area contributed by atoms with Gasteiger partial charge in [0.25, 0.3) is 5.91 Å². The molecule has 0 aliphatic carbocycles. The van der Waals surface area contributed by atoms with Gasteiger partial charge in [0.1, 0.15) is 11.7 Å². The van der Waals surface area contributed by atoms with E-state index < -0.39 is 17.9 Å². The van der Waals surface area contributed by atoms with Crippen LogP contribution in [0.4, 0.5) is 10.8 Å². The Balaban J connectivity index is 1.67. The number of amides is 1. The molecule has 0 spiro atoms. The fourth-order valence-corrected chi connectivity index (χ4v) is 2.81. The minimum absolute atomic E-state index is 0.169. The fourth-order valence-electron chi connectivity index (χ4n) is 2.10. The number of carbonyl (C=O) groups excluding carboxylic acids is 1. The lowest BCUT2D eigenvalue weighted by atomic mass is 10.2. The number of ether oxygens (including phenoxy) is 2. The first-order valence-corrected chi connectivity index (χ1v) is 8.10. The Bertz CT molecular complexity index is 776. The maximum Gasteiger partial charge on any atom is 0.326 e. The quantitative estimate of drug-likeness (QED) is 0.733. The smallest absolute Gasteiger partial charge is 0.326 e. The van der Waals surface area contributed by atoms with E-state index in [-0.39, 0.29) is 12.5 Å². The van der Waals surface area contributed by atoms with Gasteiger partial charge >= 0.3 is 5.97 Å². The first-order chi connectivity index (χ1) is 11.6. The molecule has 0 saturated heterocycles. The van der Waals surface area contributed by atoms with E-state index in [1.807, 2.05) is 6.07 Å². The maximum atomic E-state index is 12.0. The zero-order valence-electron chi connectivity index (χ0n) is 12.7. The van der Waals surface area contributed by atoms with Gasteiger partial charge in [-0.1, -0.05) is 6.92 Å². The van der Waals surface area contributed by atoms with Crippen molar-refractivity contribution < 1.29 is 24.2 Å². The Morgan fingerprint density at radius 1 is 1.38 bits per heavy atom. The topological polar surface area (TPSA) is 110 Å². The Hall–Kier alpha value is -2.81. The number of carboxylic acid groups (broad SMARTS) is 1. The number of hydrogen-bond acceptors (Lipinski definition) is 7. The first-order valence-electron chi connectivity index (χ1n) is 7.22. The number of carboxylic acids is 1. The standard InChI is InChI=1S/C15H15N3O5S/c1-2-9(14(20)21)17-13(19)10-6-24-15(18-10)16-8-3-4-11-12(5-8)23-7-22-11/h3-6,9H,2,7H2,1H3,(H,16,18)(H,17,19)(H,20,21). The summed E-state index contributed by atoms with van der Waals surface area (Å²) in [5.41, 5.74) is 0.917. The Labute approximate surface area is 141 Å². The van der Waals surface area contributed by atoms with Gasteiger partial charge in [0, 0.05) is 17.1 Å². The lowest BCUT2D eigenvalue weighted by Gasteiger charge is -2.10. The van der Waals surface area contributed by atoms with Gasteiger partial charge in [-0.25, -0.2) is 9.78 Å². The third-order valence-electron chi connectivity index (χ3n) is 3.37. The van der Waals surface area contributed by atoms with Crippen molar-refractivity contribution >= 4 is 34.0 Å². The monoisotopic (exact) mass is 349 g/mol. The molecule has 9 heteroatoms. The molecule has 1 unspecified atom stereocenters. The van der Waals surface area contributed by atoms with Gasteiger partial charge in [0.15, 0.2) is 16.6 Å². The van der Waals surface area contributed by atoms with Gasteiger partial charge in [-0.2, -0.15) is 0 Å². The van der Waals surface area contributed by atoms with Crippen molar-refractivity contribution in [1.29, 1.82) is 0 Å². The molecule has 3 rings (SSSR count). The van der Waals surface area contributed by atoms with Gasteiger partial charge in [0.05, 0.1) is 0 Å². The number of thiazole rings is 1. The molecule has 1 aromatic heterocycles. The number of anilines is 2. The normalized spacial score (nSPS) is 13.4. The number of aliphatic carboxylic acids is 1. The number of rotatable bonds is 6. The van der Waals surface area contributed by atoms with Gasteiger partial charge in [-0.05, 0) is 18.6 Å². The number of nitrogens with one attached hydrogen (secondary N) is 2. The molecule has 1 aliphatic rings. The molecule has 0 radical (unpaired) electrons. The summed E-state index contributed by atoms with van der Waals surface area (Å²) in [4.78, 5) is 27.2. The van der Waals surface area contributed by atoms with E-state index in [9.17, 15) is 9.59 Å². The minimum atomic E-state index is -1.07. The van der Waals surface area contributed by atoms with Crippen LogP contribution in [0.1, 0.15) is 23.8 Å². The molecule has 3 N–H and O–H groups in total. The summed E-state index contributed by atoms with van der Waals surface area (Å²) in [5.74, 6) is -0.264. The van der Waals surface area contributed by atoms with Crippen molar-refractivity contribution in [1.82, 2.24) is 10.3 Å². The molecular formula is C15H15N3O5S. The molecule has 24 heavy (non-hydrogen) atoms. The summed E-state index contributed by atoms with van der Waals surface area (Å²) in [6, 6.07) is 4.45. The fraction of sp³-hybridized carbons (Fsp3) is 0.267. The number of benzene rings is 1. The molecule has 1 aromatic carbocycles. The second-order valence-electron chi connectivity index (χ2n) is 5.00. The van der Waals surface area contributed by atoms with Crippen molar-refractivity contribution in [3.63, 3.8) is 0 Å². The van der Waals surface area contributed by atoms with E-state index in [1.165, 1.54) is 11.3 Å². The van der Waals surface area contributed by atoms with E-state index in [1.54, 1.807) is 24.4 Å². The number of aromatic nitrogens is 1. The van der Waals surface area contributed by atoms with Crippen LogP contribution >= 0.6 is 11.3 Å². The largest absolute Gasteiger partial charge is 0.480 e. The molecule has 0 fully saturated rings. The van der Waals surface area contributed by atoms with E-state index in [0.29, 0.717) is 23.1 Å². The molecule has 126 valence electrons. The van der Waals surface area contributed by atoms with Crippen molar-refractivity contribution in [3.8, 4) is 11.5 Å². The van der Waals surface area contributed by atoms with Crippen molar-refractivity contribution in [2.45, 2.75) is 19.4 Å². The highest BCUT2D eigenvalue weighted by Gasteiger charge is 2.20. The second kappa shape index (κ2) is 6.75. The van der Waals surface area contributed by atoms with E-state index in [0.717, 1.165) is 5.69 Å². The molecular weight excluding hydrogens is 334 g/mol.